The van der Waals surface area contributed by atoms with Crippen molar-refractivity contribution in [2.45, 2.75) is 19.8 Å². The molecule has 1 aliphatic rings. The lowest BCUT2D eigenvalue weighted by Gasteiger charge is -2.15. The van der Waals surface area contributed by atoms with Crippen LogP contribution in [0.4, 0.5) is 10.9 Å². The number of pyridine rings is 1. The van der Waals surface area contributed by atoms with E-state index in [2.05, 4.69) is 32.5 Å². The minimum atomic E-state index is -0.224. The molecule has 3 heterocycles. The van der Waals surface area contributed by atoms with Gasteiger partial charge in [0.2, 0.25) is 5.91 Å². The number of fused-ring (bicyclic) bond motifs is 3. The Bertz CT molecular complexity index is 1520. The number of carbonyl (C=O) groups is 2. The van der Waals surface area contributed by atoms with Crippen molar-refractivity contribution in [2.24, 2.45) is 0 Å². The van der Waals surface area contributed by atoms with Crippen LogP contribution >= 0.6 is 22.9 Å². The van der Waals surface area contributed by atoms with E-state index < -0.39 is 0 Å². The average Bonchev–Trinajstić information content (AvgIpc) is 3.47. The number of hydrogen-bond donors (Lipinski definition) is 3. The summed E-state index contributed by atoms with van der Waals surface area (Å²) < 4.78 is 1.80. The Kier molecular flexibility index (Phi) is 6.77. The average molecular weight is 534 g/mol. The quantitative estimate of drug-likeness (QED) is 0.296. The van der Waals surface area contributed by atoms with Gasteiger partial charge < -0.3 is 16.0 Å². The van der Waals surface area contributed by atoms with Gasteiger partial charge in [0.1, 0.15) is 5.82 Å². The number of nitrogens with zero attached hydrogens (tertiary/aromatic N) is 4. The van der Waals surface area contributed by atoms with Gasteiger partial charge in [0.25, 0.3) is 5.91 Å². The number of thiazole rings is 1. The molecular weight excluding hydrogens is 510 g/mol. The van der Waals surface area contributed by atoms with E-state index in [1.807, 2.05) is 12.1 Å². The van der Waals surface area contributed by atoms with Gasteiger partial charge >= 0.3 is 0 Å². The summed E-state index contributed by atoms with van der Waals surface area (Å²) >= 11 is 8.10. The molecule has 5 rings (SSSR count). The molecule has 0 saturated carbocycles. The van der Waals surface area contributed by atoms with Gasteiger partial charge in [-0.1, -0.05) is 29.0 Å². The molecule has 0 fully saturated rings. The van der Waals surface area contributed by atoms with E-state index in [-0.39, 0.29) is 11.8 Å². The Labute approximate surface area is 222 Å². The molecule has 1 aromatic carbocycles. The first-order valence-electron chi connectivity index (χ1n) is 11.6. The highest BCUT2D eigenvalue weighted by Gasteiger charge is 2.30. The summed E-state index contributed by atoms with van der Waals surface area (Å²) in [6.07, 6.45) is 4.99. The normalized spacial score (nSPS) is 11.9. The van der Waals surface area contributed by atoms with E-state index >= 15 is 0 Å². The van der Waals surface area contributed by atoms with Crippen LogP contribution in [0.5, 0.6) is 0 Å². The first-order valence-corrected chi connectivity index (χ1v) is 12.8. The molecule has 3 aromatic heterocycles. The summed E-state index contributed by atoms with van der Waals surface area (Å²) in [6, 6.07) is 9.02. The maximum atomic E-state index is 12.1. The van der Waals surface area contributed by atoms with Gasteiger partial charge in [-0.05, 0) is 43.2 Å². The zero-order chi connectivity index (χ0) is 26.1. The first-order chi connectivity index (χ1) is 17.9. The zero-order valence-electron chi connectivity index (χ0n) is 20.3. The lowest BCUT2D eigenvalue weighted by molar-refractivity contribution is -0.114. The molecule has 1 aliphatic carbocycles. The summed E-state index contributed by atoms with van der Waals surface area (Å²) in [5, 5.41) is 14.5. The van der Waals surface area contributed by atoms with Gasteiger partial charge in [0.15, 0.2) is 5.13 Å². The number of anilines is 2. The molecule has 0 unspecified atom stereocenters. The van der Waals surface area contributed by atoms with Gasteiger partial charge in [-0.15, -0.1) is 6.58 Å². The standard InChI is InChI=1S/C26H24ClN7O2S/c1-4-11-29-21-10-6-16(13-30-21)22-17-7-8-19-24(37-26(32-19)31-14(2)35)23(17)34(33-22)20-9-5-15(12-18(20)27)25(36)28-3/h4-6,9-10,12-13H,1,7-8,11H2,2-3H3,(H,28,36)(H,29,30)(H,31,32,35). The van der Waals surface area contributed by atoms with Gasteiger partial charge in [0.05, 0.1) is 32.7 Å². The minimum absolute atomic E-state index is 0.176. The van der Waals surface area contributed by atoms with E-state index in [0.29, 0.717) is 40.8 Å². The zero-order valence-corrected chi connectivity index (χ0v) is 21.8. The largest absolute Gasteiger partial charge is 0.367 e. The summed E-state index contributed by atoms with van der Waals surface area (Å²) in [5.74, 6) is 0.344. The van der Waals surface area contributed by atoms with Gasteiger partial charge in [-0.3, -0.25) is 9.59 Å². The van der Waals surface area contributed by atoms with E-state index in [1.54, 1.807) is 42.2 Å². The smallest absolute Gasteiger partial charge is 0.251 e. The lowest BCUT2D eigenvalue weighted by atomic mass is 9.95. The van der Waals surface area contributed by atoms with Crippen LogP contribution in [0, 0.1) is 0 Å². The fraction of sp³-hybridized carbons (Fsp3) is 0.192. The van der Waals surface area contributed by atoms with Gasteiger partial charge in [-0.2, -0.15) is 5.10 Å². The number of aryl methyl sites for hydroxylation is 1. The second-order valence-corrected chi connectivity index (χ2v) is 9.82. The van der Waals surface area contributed by atoms with E-state index in [0.717, 1.165) is 38.9 Å². The highest BCUT2D eigenvalue weighted by molar-refractivity contribution is 7.19. The number of aromatic nitrogens is 4. The molecule has 0 aliphatic heterocycles. The fourth-order valence-electron chi connectivity index (χ4n) is 4.26. The topological polar surface area (TPSA) is 114 Å². The number of amides is 2. The van der Waals surface area contributed by atoms with Crippen LogP contribution in [0.15, 0.2) is 49.2 Å². The summed E-state index contributed by atoms with van der Waals surface area (Å²) in [6.45, 7) is 5.80. The fourth-order valence-corrected chi connectivity index (χ4v) is 5.64. The number of nitrogens with one attached hydrogen (secondary N) is 3. The summed E-state index contributed by atoms with van der Waals surface area (Å²) in [5.41, 5.74) is 5.57. The molecule has 0 atom stereocenters. The third-order valence-electron chi connectivity index (χ3n) is 5.92. The Balaban J connectivity index is 1.67. The molecule has 0 radical (unpaired) electrons. The van der Waals surface area contributed by atoms with Crippen LogP contribution in [0.25, 0.3) is 27.5 Å². The third kappa shape index (κ3) is 4.73. The Morgan fingerprint density at radius 3 is 2.76 bits per heavy atom. The van der Waals surface area contributed by atoms with Crippen molar-refractivity contribution in [2.75, 3.05) is 24.2 Å². The second kappa shape index (κ2) is 10.2. The maximum Gasteiger partial charge on any atom is 0.251 e. The summed E-state index contributed by atoms with van der Waals surface area (Å²) in [4.78, 5) is 33.9. The van der Waals surface area contributed by atoms with E-state index in [9.17, 15) is 9.59 Å². The van der Waals surface area contributed by atoms with E-state index in [1.165, 1.54) is 18.3 Å². The second-order valence-electron chi connectivity index (χ2n) is 8.41. The van der Waals surface area contributed by atoms with Crippen molar-refractivity contribution in [1.29, 1.82) is 0 Å². The lowest BCUT2D eigenvalue weighted by Crippen LogP contribution is -2.17. The minimum Gasteiger partial charge on any atom is -0.367 e. The molecule has 0 spiro atoms. The highest BCUT2D eigenvalue weighted by Crippen LogP contribution is 2.44. The number of benzene rings is 1. The van der Waals surface area contributed by atoms with Crippen LogP contribution in [-0.2, 0) is 17.6 Å². The van der Waals surface area contributed by atoms with Crippen molar-refractivity contribution >= 4 is 45.7 Å². The van der Waals surface area contributed by atoms with Crippen molar-refractivity contribution in [1.82, 2.24) is 25.1 Å². The molecule has 11 heteroatoms. The van der Waals surface area contributed by atoms with Crippen molar-refractivity contribution in [3.8, 4) is 27.5 Å². The number of rotatable bonds is 7. The molecule has 0 saturated heterocycles. The van der Waals surface area contributed by atoms with Crippen LogP contribution in [0.3, 0.4) is 0 Å². The maximum absolute atomic E-state index is 12.1. The van der Waals surface area contributed by atoms with Crippen molar-refractivity contribution < 1.29 is 9.59 Å². The molecular formula is C26H24ClN7O2S. The van der Waals surface area contributed by atoms with E-state index in [4.69, 9.17) is 16.7 Å². The Morgan fingerprint density at radius 1 is 1.24 bits per heavy atom. The Hall–Kier alpha value is -4.02. The summed E-state index contributed by atoms with van der Waals surface area (Å²) in [7, 11) is 1.57. The molecule has 2 amide bonds. The molecule has 0 bridgehead atoms. The number of halogens is 1. The van der Waals surface area contributed by atoms with Gasteiger partial charge in [-0.25, -0.2) is 14.6 Å². The first kappa shape index (κ1) is 24.7. The van der Waals surface area contributed by atoms with Crippen LogP contribution in [0.2, 0.25) is 5.02 Å². The molecule has 37 heavy (non-hydrogen) atoms. The predicted octanol–water partition coefficient (Wildman–Crippen LogP) is 4.73. The van der Waals surface area contributed by atoms with Crippen LogP contribution in [0.1, 0.15) is 28.5 Å². The molecule has 188 valence electrons. The monoisotopic (exact) mass is 533 g/mol. The number of carbonyl (C=O) groups excluding carboxylic acids is 2. The molecule has 3 N–H and O–H groups in total. The highest BCUT2D eigenvalue weighted by atomic mass is 35.5. The molecule has 4 aromatic rings. The number of hydrogen-bond acceptors (Lipinski definition) is 7. The van der Waals surface area contributed by atoms with Crippen LogP contribution in [-0.4, -0.2) is 45.2 Å². The van der Waals surface area contributed by atoms with Crippen molar-refractivity contribution in [3.05, 3.63) is 71.0 Å². The SMILES string of the molecule is C=CCNc1ccc(-c2nn(-c3ccc(C(=O)NC)cc3Cl)c3c2CCc2nc(NC(C)=O)sc2-3)cn1. The molecule has 9 nitrogen and oxygen atoms in total. The van der Waals surface area contributed by atoms with Crippen LogP contribution < -0.4 is 16.0 Å². The predicted molar refractivity (Wildman–Crippen MR) is 147 cm³/mol. The Morgan fingerprint density at radius 2 is 2.08 bits per heavy atom. The van der Waals surface area contributed by atoms with Crippen molar-refractivity contribution in [3.63, 3.8) is 0 Å². The third-order valence-corrected chi connectivity index (χ3v) is 7.24. The van der Waals surface area contributed by atoms with Gasteiger partial charge in [0, 0.05) is 43.4 Å².